The van der Waals surface area contributed by atoms with Crippen molar-refractivity contribution in [2.75, 3.05) is 17.0 Å². The van der Waals surface area contributed by atoms with Gasteiger partial charge < -0.3 is 19.4 Å². The van der Waals surface area contributed by atoms with E-state index >= 15 is 0 Å². The molecule has 1 saturated heterocycles. The summed E-state index contributed by atoms with van der Waals surface area (Å²) in [7, 11) is 0. The lowest BCUT2D eigenvalue weighted by atomic mass is 10.1. The summed E-state index contributed by atoms with van der Waals surface area (Å²) in [5, 5.41) is 3.71. The van der Waals surface area contributed by atoms with Crippen molar-refractivity contribution in [1.82, 2.24) is 4.57 Å². The molecule has 0 spiro atoms. The second-order valence-corrected chi connectivity index (χ2v) is 10.9. The van der Waals surface area contributed by atoms with Crippen molar-refractivity contribution >= 4 is 80.1 Å². The Hall–Kier alpha value is -3.86. The lowest BCUT2D eigenvalue weighted by Gasteiger charge is -2.14. The van der Waals surface area contributed by atoms with Crippen LogP contribution in [0.25, 0.3) is 17.0 Å². The van der Waals surface area contributed by atoms with Crippen LogP contribution in [-0.4, -0.2) is 27.5 Å². The molecule has 39 heavy (non-hydrogen) atoms. The molecule has 3 heterocycles. The van der Waals surface area contributed by atoms with Crippen LogP contribution < -0.4 is 19.7 Å². The Bertz CT molecular complexity index is 1740. The molecule has 1 aromatic heterocycles. The number of carbonyl (C=O) groups is 2. The van der Waals surface area contributed by atoms with Crippen molar-refractivity contribution in [2.45, 2.75) is 13.5 Å². The molecule has 0 aliphatic carbocycles. The molecule has 0 radical (unpaired) electrons. The van der Waals surface area contributed by atoms with Crippen molar-refractivity contribution < 1.29 is 23.5 Å². The van der Waals surface area contributed by atoms with Gasteiger partial charge in [0.15, 0.2) is 15.8 Å². The Morgan fingerprint density at radius 2 is 1.95 bits per heavy atom. The molecule has 0 bridgehead atoms. The summed E-state index contributed by atoms with van der Waals surface area (Å²) in [6.07, 6.45) is 1.79. The number of aromatic nitrogens is 1. The number of benzene rings is 3. The Kier molecular flexibility index (Phi) is 6.54. The zero-order chi connectivity index (χ0) is 27.3. The SMILES string of the molecule is Cc1c(/C=C2\SC(=S)N(c3ccc(F)c(Cl)c3)C2=O)c2ccccc2n1CC(=O)Nc1ccc2c(c1)OCO2. The van der Waals surface area contributed by atoms with E-state index < -0.39 is 5.82 Å². The smallest absolute Gasteiger partial charge is 0.270 e. The molecule has 2 aliphatic heterocycles. The van der Waals surface area contributed by atoms with E-state index in [9.17, 15) is 14.0 Å². The van der Waals surface area contributed by atoms with E-state index in [1.165, 1.54) is 23.1 Å². The summed E-state index contributed by atoms with van der Waals surface area (Å²) in [4.78, 5) is 28.1. The van der Waals surface area contributed by atoms with Crippen molar-refractivity contribution in [3.05, 3.63) is 87.7 Å². The number of hydrogen-bond acceptors (Lipinski definition) is 6. The summed E-state index contributed by atoms with van der Waals surface area (Å²) in [6, 6.07) is 17.0. The minimum absolute atomic E-state index is 0.0592. The molecule has 0 unspecified atom stereocenters. The molecule has 1 N–H and O–H groups in total. The number of amides is 2. The van der Waals surface area contributed by atoms with Gasteiger partial charge in [0.25, 0.3) is 5.91 Å². The van der Waals surface area contributed by atoms with Crippen LogP contribution in [0.4, 0.5) is 15.8 Å². The van der Waals surface area contributed by atoms with Crippen LogP contribution in [0.15, 0.2) is 65.6 Å². The zero-order valence-corrected chi connectivity index (χ0v) is 22.8. The first-order valence-corrected chi connectivity index (χ1v) is 13.4. The summed E-state index contributed by atoms with van der Waals surface area (Å²) in [5.74, 6) is 0.0939. The minimum Gasteiger partial charge on any atom is -0.454 e. The predicted octanol–water partition coefficient (Wildman–Crippen LogP) is 6.52. The number of anilines is 2. The lowest BCUT2D eigenvalue weighted by molar-refractivity contribution is -0.116. The van der Waals surface area contributed by atoms with Crippen molar-refractivity contribution in [1.29, 1.82) is 0 Å². The number of para-hydroxylation sites is 1. The third-order valence-electron chi connectivity index (χ3n) is 6.47. The molecular formula is C28H19ClFN3O4S2. The quantitative estimate of drug-likeness (QED) is 0.214. The highest BCUT2D eigenvalue weighted by Gasteiger charge is 2.34. The van der Waals surface area contributed by atoms with Gasteiger partial charge in [0, 0.05) is 33.9 Å². The maximum Gasteiger partial charge on any atom is 0.270 e. The van der Waals surface area contributed by atoms with Crippen LogP contribution in [0.2, 0.25) is 5.02 Å². The van der Waals surface area contributed by atoms with E-state index in [2.05, 4.69) is 5.32 Å². The molecule has 11 heteroatoms. The molecule has 6 rings (SSSR count). The van der Waals surface area contributed by atoms with Crippen LogP contribution in [0, 0.1) is 12.7 Å². The highest BCUT2D eigenvalue weighted by Crippen LogP contribution is 2.39. The fraction of sp³-hybridized carbons (Fsp3) is 0.107. The molecule has 3 aromatic carbocycles. The van der Waals surface area contributed by atoms with Gasteiger partial charge in [-0.3, -0.25) is 14.5 Å². The number of fused-ring (bicyclic) bond motifs is 2. The number of carbonyl (C=O) groups excluding carboxylic acids is 2. The Labute approximate surface area is 237 Å². The maximum atomic E-state index is 13.7. The van der Waals surface area contributed by atoms with Gasteiger partial charge in [-0.05, 0) is 49.4 Å². The van der Waals surface area contributed by atoms with Gasteiger partial charge in [-0.25, -0.2) is 4.39 Å². The average molecular weight is 580 g/mol. The number of thiocarbonyl (C=S) groups is 1. The summed E-state index contributed by atoms with van der Waals surface area (Å²) in [5.41, 5.74) is 3.46. The molecular weight excluding hydrogens is 561 g/mol. The number of thioether (sulfide) groups is 1. The van der Waals surface area contributed by atoms with Gasteiger partial charge in [0.2, 0.25) is 12.7 Å². The van der Waals surface area contributed by atoms with Crippen LogP contribution in [0.5, 0.6) is 11.5 Å². The molecule has 4 aromatic rings. The Balaban J connectivity index is 1.30. The van der Waals surface area contributed by atoms with Crippen molar-refractivity contribution in [2.24, 2.45) is 0 Å². The second-order valence-electron chi connectivity index (χ2n) is 8.83. The van der Waals surface area contributed by atoms with E-state index in [4.69, 9.17) is 33.3 Å². The average Bonchev–Trinajstić information content (AvgIpc) is 3.57. The number of nitrogens with one attached hydrogen (secondary N) is 1. The normalized spacial score (nSPS) is 15.6. The Morgan fingerprint density at radius 3 is 2.77 bits per heavy atom. The third-order valence-corrected chi connectivity index (χ3v) is 8.06. The fourth-order valence-electron chi connectivity index (χ4n) is 4.61. The van der Waals surface area contributed by atoms with Gasteiger partial charge >= 0.3 is 0 Å². The number of hydrogen-bond donors (Lipinski definition) is 1. The van der Waals surface area contributed by atoms with E-state index in [0.29, 0.717) is 32.1 Å². The van der Waals surface area contributed by atoms with Gasteiger partial charge in [-0.2, -0.15) is 0 Å². The Morgan fingerprint density at radius 1 is 1.15 bits per heavy atom. The van der Waals surface area contributed by atoms with E-state index in [1.54, 1.807) is 24.3 Å². The maximum absolute atomic E-state index is 13.7. The summed E-state index contributed by atoms with van der Waals surface area (Å²) in [6.45, 7) is 2.12. The molecule has 2 aliphatic rings. The van der Waals surface area contributed by atoms with Crippen LogP contribution >= 0.6 is 35.6 Å². The molecule has 0 saturated carbocycles. The van der Waals surface area contributed by atoms with Crippen molar-refractivity contribution in [3.63, 3.8) is 0 Å². The topological polar surface area (TPSA) is 72.8 Å². The summed E-state index contributed by atoms with van der Waals surface area (Å²) < 4.78 is 26.6. The van der Waals surface area contributed by atoms with Crippen LogP contribution in [0.1, 0.15) is 11.3 Å². The van der Waals surface area contributed by atoms with Crippen LogP contribution in [0.3, 0.4) is 0 Å². The van der Waals surface area contributed by atoms with E-state index in [0.717, 1.165) is 33.9 Å². The second kappa shape index (κ2) is 10.0. The van der Waals surface area contributed by atoms with E-state index in [-0.39, 0.29) is 30.2 Å². The number of halogens is 2. The fourth-order valence-corrected chi connectivity index (χ4v) is 6.06. The number of ether oxygens (including phenoxy) is 2. The van der Waals surface area contributed by atoms with Crippen molar-refractivity contribution in [3.8, 4) is 11.5 Å². The third kappa shape index (κ3) is 4.64. The largest absolute Gasteiger partial charge is 0.454 e. The monoisotopic (exact) mass is 579 g/mol. The van der Waals surface area contributed by atoms with Gasteiger partial charge in [-0.1, -0.05) is 53.8 Å². The summed E-state index contributed by atoms with van der Waals surface area (Å²) >= 11 is 12.6. The molecule has 196 valence electrons. The first-order valence-electron chi connectivity index (χ1n) is 11.8. The first-order chi connectivity index (χ1) is 18.8. The van der Waals surface area contributed by atoms with Gasteiger partial charge in [0.1, 0.15) is 12.4 Å². The molecule has 0 atom stereocenters. The standard InChI is InChI=1S/C28H19ClFN3O4S2/c1-15-19(12-25-27(35)33(28(38)39-25)17-7-8-21(30)20(29)11-17)18-4-2-3-5-22(18)32(15)13-26(34)31-16-6-9-23-24(10-16)37-14-36-23/h2-12H,13-14H2,1H3,(H,31,34)/b25-12-. The molecule has 2 amide bonds. The van der Waals surface area contributed by atoms with Gasteiger partial charge in [0.05, 0.1) is 15.6 Å². The van der Waals surface area contributed by atoms with Gasteiger partial charge in [-0.15, -0.1) is 0 Å². The minimum atomic E-state index is -0.576. The highest BCUT2D eigenvalue weighted by molar-refractivity contribution is 8.27. The number of rotatable bonds is 5. The van der Waals surface area contributed by atoms with E-state index in [1.807, 2.05) is 35.8 Å². The molecule has 7 nitrogen and oxygen atoms in total. The highest BCUT2D eigenvalue weighted by atomic mass is 35.5. The lowest BCUT2D eigenvalue weighted by Crippen LogP contribution is -2.27. The first kappa shape index (κ1) is 25.4. The predicted molar refractivity (Wildman–Crippen MR) is 155 cm³/mol. The molecule has 1 fully saturated rings. The number of nitrogens with zero attached hydrogens (tertiary/aromatic N) is 2. The van der Waals surface area contributed by atoms with Crippen LogP contribution in [-0.2, 0) is 16.1 Å². The zero-order valence-electron chi connectivity index (χ0n) is 20.4.